The van der Waals surface area contributed by atoms with Gasteiger partial charge in [-0.2, -0.15) is 0 Å². The molecule has 1 heterocycles. The van der Waals surface area contributed by atoms with Crippen molar-refractivity contribution < 1.29 is 23.8 Å². The average molecular weight is 426 g/mol. The summed E-state index contributed by atoms with van der Waals surface area (Å²) in [5.74, 6) is -0.608. The van der Waals surface area contributed by atoms with Crippen LogP contribution in [0.15, 0.2) is 84.2 Å². The van der Waals surface area contributed by atoms with E-state index in [1.807, 2.05) is 24.3 Å². The number of esters is 2. The Hall–Kier alpha value is -3.51. The number of carbonyl (C=O) groups is 2. The molecule has 30 heavy (non-hydrogen) atoms. The van der Waals surface area contributed by atoms with Crippen LogP contribution in [-0.2, 0) is 25.7 Å². The van der Waals surface area contributed by atoms with E-state index in [2.05, 4.69) is 0 Å². The molecule has 2 aromatic carbocycles. The molecule has 0 fully saturated rings. The Morgan fingerprint density at radius 3 is 2.40 bits per heavy atom. The fourth-order valence-electron chi connectivity index (χ4n) is 2.86. The van der Waals surface area contributed by atoms with Crippen LogP contribution in [0.3, 0.4) is 0 Å². The number of hydrogen-bond acceptors (Lipinski definition) is 6. The summed E-state index contributed by atoms with van der Waals surface area (Å²) >= 11 is 5.90. The quantitative estimate of drug-likeness (QED) is 0.639. The molecular formula is C23H20ClNO5. The van der Waals surface area contributed by atoms with Crippen molar-refractivity contribution in [2.45, 2.75) is 6.61 Å². The smallest absolute Gasteiger partial charge is 0.355 e. The van der Waals surface area contributed by atoms with E-state index in [0.717, 1.165) is 5.56 Å². The number of methoxy groups -OCH3 is 2. The Kier molecular flexibility index (Phi) is 6.93. The molecule has 0 saturated carbocycles. The minimum atomic E-state index is -0.658. The van der Waals surface area contributed by atoms with Gasteiger partial charge in [0.1, 0.15) is 18.1 Å². The van der Waals surface area contributed by atoms with Crippen LogP contribution in [-0.4, -0.2) is 26.2 Å². The number of hydrogen-bond donors (Lipinski definition) is 0. The summed E-state index contributed by atoms with van der Waals surface area (Å²) in [6.45, 7) is 0.312. The van der Waals surface area contributed by atoms with E-state index in [1.54, 1.807) is 47.5 Å². The van der Waals surface area contributed by atoms with Crippen LogP contribution in [0.2, 0.25) is 5.02 Å². The average Bonchev–Trinajstić information content (AvgIpc) is 3.01. The number of anilines is 1. The molecule has 0 spiro atoms. The zero-order valence-corrected chi connectivity index (χ0v) is 17.3. The summed E-state index contributed by atoms with van der Waals surface area (Å²) in [6.07, 6.45) is 6.57. The first kappa shape index (κ1) is 21.2. The monoisotopic (exact) mass is 425 g/mol. The highest BCUT2D eigenvalue weighted by molar-refractivity contribution is 6.30. The van der Waals surface area contributed by atoms with E-state index in [1.165, 1.54) is 20.3 Å². The lowest BCUT2D eigenvalue weighted by Gasteiger charge is -2.23. The molecule has 0 aromatic heterocycles. The van der Waals surface area contributed by atoms with E-state index in [9.17, 15) is 9.59 Å². The number of ether oxygens (including phenoxy) is 3. The lowest BCUT2D eigenvalue weighted by atomic mass is 10.1. The maximum absolute atomic E-state index is 12.5. The third-order valence-electron chi connectivity index (χ3n) is 4.30. The summed E-state index contributed by atoms with van der Waals surface area (Å²) in [7, 11) is 2.52. The van der Waals surface area contributed by atoms with Crippen molar-refractivity contribution in [2.24, 2.45) is 0 Å². The highest BCUT2D eigenvalue weighted by Crippen LogP contribution is 2.27. The molecule has 154 valence electrons. The van der Waals surface area contributed by atoms with Crippen molar-refractivity contribution in [1.29, 1.82) is 0 Å². The highest BCUT2D eigenvalue weighted by Gasteiger charge is 2.27. The summed E-state index contributed by atoms with van der Waals surface area (Å²) in [5, 5.41) is 0.634. The van der Waals surface area contributed by atoms with Crippen LogP contribution in [0.1, 0.15) is 5.56 Å². The van der Waals surface area contributed by atoms with E-state index in [0.29, 0.717) is 23.1 Å². The third kappa shape index (κ3) is 4.90. The fraction of sp³-hybridized carbons (Fsp3) is 0.130. The van der Waals surface area contributed by atoms with Crippen LogP contribution < -0.4 is 9.64 Å². The maximum Gasteiger partial charge on any atom is 0.355 e. The minimum absolute atomic E-state index is 0.0603. The summed E-state index contributed by atoms with van der Waals surface area (Å²) in [5.41, 5.74) is 1.69. The minimum Gasteiger partial charge on any atom is -0.489 e. The van der Waals surface area contributed by atoms with E-state index < -0.39 is 11.9 Å². The predicted octanol–water partition coefficient (Wildman–Crippen LogP) is 4.41. The van der Waals surface area contributed by atoms with E-state index >= 15 is 0 Å². The zero-order chi connectivity index (χ0) is 21.5. The molecule has 0 unspecified atom stereocenters. The van der Waals surface area contributed by atoms with Crippen LogP contribution in [0.25, 0.3) is 0 Å². The highest BCUT2D eigenvalue weighted by atomic mass is 35.5. The normalized spacial score (nSPS) is 13.1. The van der Waals surface area contributed by atoms with Gasteiger partial charge in [-0.3, -0.25) is 0 Å². The predicted molar refractivity (Wildman–Crippen MR) is 114 cm³/mol. The van der Waals surface area contributed by atoms with E-state index in [-0.39, 0.29) is 11.3 Å². The maximum atomic E-state index is 12.5. The molecule has 0 bridgehead atoms. The van der Waals surface area contributed by atoms with Crippen molar-refractivity contribution in [2.75, 3.05) is 19.1 Å². The number of allylic oxidation sites excluding steroid dienone is 2. The molecule has 3 rings (SSSR count). The second-order valence-corrected chi connectivity index (χ2v) is 6.67. The molecular weight excluding hydrogens is 406 g/mol. The SMILES string of the molecule is COC(=O)C1=C(C(=O)OC)N(c2cccc(COc3ccc(Cl)cc3)c2)C=CC=C1. The van der Waals surface area contributed by atoms with Gasteiger partial charge in [0.05, 0.1) is 19.8 Å². The molecule has 2 aromatic rings. The Balaban J connectivity index is 1.92. The first-order valence-electron chi connectivity index (χ1n) is 9.06. The van der Waals surface area contributed by atoms with Crippen molar-refractivity contribution in [1.82, 2.24) is 0 Å². The Bertz CT molecular complexity index is 1020. The molecule has 6 nitrogen and oxygen atoms in total. The van der Waals surface area contributed by atoms with Gasteiger partial charge >= 0.3 is 11.9 Å². The Labute approximate surface area is 179 Å². The second kappa shape index (κ2) is 9.80. The van der Waals surface area contributed by atoms with Gasteiger partial charge < -0.3 is 19.1 Å². The van der Waals surface area contributed by atoms with Gasteiger partial charge in [0.2, 0.25) is 0 Å². The topological polar surface area (TPSA) is 65.1 Å². The summed E-state index contributed by atoms with van der Waals surface area (Å²) in [4.78, 5) is 26.4. The lowest BCUT2D eigenvalue weighted by Crippen LogP contribution is -2.27. The molecule has 1 aliphatic heterocycles. The molecule has 0 amide bonds. The lowest BCUT2D eigenvalue weighted by molar-refractivity contribution is -0.139. The standard InChI is InChI=1S/C23H20ClNO5/c1-28-22(26)20-8-3-4-13-25(21(20)23(27)29-2)18-7-5-6-16(14-18)15-30-19-11-9-17(24)10-12-19/h3-14H,15H2,1-2H3. The fourth-order valence-corrected chi connectivity index (χ4v) is 2.99. The van der Waals surface area contributed by atoms with Crippen LogP contribution in [0.5, 0.6) is 5.75 Å². The molecule has 0 aliphatic carbocycles. The van der Waals surface area contributed by atoms with Crippen LogP contribution in [0, 0.1) is 0 Å². The van der Waals surface area contributed by atoms with Gasteiger partial charge in [-0.25, -0.2) is 9.59 Å². The Morgan fingerprint density at radius 1 is 0.967 bits per heavy atom. The molecule has 1 aliphatic rings. The zero-order valence-electron chi connectivity index (χ0n) is 16.5. The van der Waals surface area contributed by atoms with Crippen LogP contribution in [0.4, 0.5) is 5.69 Å². The second-order valence-electron chi connectivity index (χ2n) is 6.23. The summed E-state index contributed by atoms with van der Waals surface area (Å²) < 4.78 is 15.6. The van der Waals surface area contributed by atoms with Gasteiger partial charge in [0.15, 0.2) is 0 Å². The van der Waals surface area contributed by atoms with Crippen molar-refractivity contribution >= 4 is 29.2 Å². The number of halogens is 1. The van der Waals surface area contributed by atoms with Crippen molar-refractivity contribution in [3.05, 3.63) is 94.8 Å². The first-order chi connectivity index (χ1) is 14.5. The van der Waals surface area contributed by atoms with Gasteiger partial charge in [-0.15, -0.1) is 0 Å². The molecule has 0 saturated heterocycles. The molecule has 0 atom stereocenters. The van der Waals surface area contributed by atoms with Gasteiger partial charge in [0.25, 0.3) is 0 Å². The van der Waals surface area contributed by atoms with Gasteiger partial charge in [-0.05, 0) is 54.1 Å². The van der Waals surface area contributed by atoms with Crippen LogP contribution >= 0.6 is 11.6 Å². The molecule has 0 N–H and O–H groups in total. The van der Waals surface area contributed by atoms with Crippen molar-refractivity contribution in [3.8, 4) is 5.75 Å². The van der Waals surface area contributed by atoms with Crippen molar-refractivity contribution in [3.63, 3.8) is 0 Å². The third-order valence-corrected chi connectivity index (χ3v) is 4.55. The molecule has 7 heteroatoms. The number of benzene rings is 2. The Morgan fingerprint density at radius 2 is 1.70 bits per heavy atom. The largest absolute Gasteiger partial charge is 0.489 e. The first-order valence-corrected chi connectivity index (χ1v) is 9.43. The summed E-state index contributed by atoms with van der Waals surface area (Å²) in [6, 6.07) is 14.5. The number of carbonyl (C=O) groups excluding carboxylic acids is 2. The number of rotatable bonds is 6. The van der Waals surface area contributed by atoms with Gasteiger partial charge in [-0.1, -0.05) is 29.8 Å². The van der Waals surface area contributed by atoms with E-state index in [4.69, 9.17) is 25.8 Å². The molecule has 0 radical (unpaired) electrons. The van der Waals surface area contributed by atoms with Gasteiger partial charge in [0, 0.05) is 16.9 Å². The number of nitrogens with zero attached hydrogens (tertiary/aromatic N) is 1.